The second-order valence-corrected chi connectivity index (χ2v) is 7.61. The number of pyridine rings is 1. The Morgan fingerprint density at radius 3 is 2.68 bits per heavy atom. The summed E-state index contributed by atoms with van der Waals surface area (Å²) in [6.07, 6.45) is 5.23. The van der Waals surface area contributed by atoms with Crippen molar-refractivity contribution in [1.82, 2.24) is 20.1 Å². The maximum atomic E-state index is 14.7. The number of morpholine rings is 1. The number of hydrogen-bond donors (Lipinski definition) is 2. The summed E-state index contributed by atoms with van der Waals surface area (Å²) in [6.45, 7) is 5.49. The molecule has 2 atom stereocenters. The van der Waals surface area contributed by atoms with Crippen LogP contribution in [0.1, 0.15) is 19.4 Å². The number of carbonyl (C=O) groups is 1. The van der Waals surface area contributed by atoms with Crippen LogP contribution in [0.15, 0.2) is 55.0 Å². The van der Waals surface area contributed by atoms with Crippen molar-refractivity contribution in [3.63, 3.8) is 0 Å². The molecule has 1 saturated heterocycles. The first-order valence-corrected chi connectivity index (χ1v) is 10.2. The Morgan fingerprint density at radius 1 is 1.23 bits per heavy atom. The Morgan fingerprint density at radius 2 is 2.03 bits per heavy atom. The predicted molar refractivity (Wildman–Crippen MR) is 116 cm³/mol. The summed E-state index contributed by atoms with van der Waals surface area (Å²) < 4.78 is 22.0. The number of nitrogens with one attached hydrogen (secondary N) is 2. The highest BCUT2D eigenvalue weighted by Gasteiger charge is 2.24. The number of urea groups is 1. The van der Waals surface area contributed by atoms with Crippen LogP contribution in [0.5, 0.6) is 0 Å². The van der Waals surface area contributed by atoms with Gasteiger partial charge in [-0.15, -0.1) is 0 Å². The topological polar surface area (TPSA) is 84.3 Å². The summed E-state index contributed by atoms with van der Waals surface area (Å²) in [4.78, 5) is 18.5. The smallest absolute Gasteiger partial charge is 0.319 e. The fraction of sp³-hybridized carbons (Fsp3) is 0.318. The van der Waals surface area contributed by atoms with Gasteiger partial charge in [-0.2, -0.15) is 5.10 Å². The number of aromatic nitrogens is 3. The lowest BCUT2D eigenvalue weighted by atomic mass is 10.2. The van der Waals surface area contributed by atoms with Crippen molar-refractivity contribution < 1.29 is 13.9 Å². The Bertz CT molecular complexity index is 1010. The lowest BCUT2D eigenvalue weighted by Gasteiger charge is -2.37. The molecule has 3 aromatic rings. The zero-order chi connectivity index (χ0) is 21.8. The van der Waals surface area contributed by atoms with E-state index in [1.807, 2.05) is 36.9 Å². The molecule has 2 aromatic heterocycles. The second kappa shape index (κ2) is 9.13. The zero-order valence-electron chi connectivity index (χ0n) is 17.5. The van der Waals surface area contributed by atoms with Gasteiger partial charge in [-0.25, -0.2) is 18.9 Å². The van der Waals surface area contributed by atoms with Crippen molar-refractivity contribution in [3.8, 4) is 5.82 Å². The first-order chi connectivity index (χ1) is 15.0. The van der Waals surface area contributed by atoms with Crippen molar-refractivity contribution in [2.45, 2.75) is 32.6 Å². The van der Waals surface area contributed by atoms with Gasteiger partial charge >= 0.3 is 6.03 Å². The van der Waals surface area contributed by atoms with E-state index in [1.54, 1.807) is 35.4 Å². The molecule has 1 aliphatic rings. The number of nitrogens with zero attached hydrogens (tertiary/aromatic N) is 4. The van der Waals surface area contributed by atoms with Gasteiger partial charge < -0.3 is 20.3 Å². The Labute approximate surface area is 180 Å². The average Bonchev–Trinajstić information content (AvgIpc) is 3.27. The standard InChI is InChI=1S/C22H25FN6O2/c1-15-13-28(14-16(2)31-15)20-6-5-18(10-19(20)23)27-22(30)25-12-17-4-7-21(24-11-17)29-9-3-8-26-29/h3-11,15-16H,12-14H2,1-2H3,(H2,25,27,30). The first-order valence-electron chi connectivity index (χ1n) is 10.2. The van der Waals surface area contributed by atoms with Crippen LogP contribution in [0.3, 0.4) is 0 Å². The fourth-order valence-corrected chi connectivity index (χ4v) is 3.63. The van der Waals surface area contributed by atoms with Crippen LogP contribution < -0.4 is 15.5 Å². The summed E-state index contributed by atoms with van der Waals surface area (Å²) in [5.74, 6) is 0.315. The molecule has 0 radical (unpaired) electrons. The third kappa shape index (κ3) is 5.18. The molecule has 0 saturated carbocycles. The number of amides is 2. The first kappa shape index (κ1) is 20.8. The van der Waals surface area contributed by atoms with Crippen molar-refractivity contribution in [1.29, 1.82) is 0 Å². The van der Waals surface area contributed by atoms with E-state index >= 15 is 0 Å². The van der Waals surface area contributed by atoms with Crippen molar-refractivity contribution in [3.05, 3.63) is 66.4 Å². The fourth-order valence-electron chi connectivity index (χ4n) is 3.63. The molecule has 1 aromatic carbocycles. The molecule has 1 aliphatic heterocycles. The molecular weight excluding hydrogens is 399 g/mol. The minimum Gasteiger partial charge on any atom is -0.372 e. The highest BCUT2D eigenvalue weighted by Crippen LogP contribution is 2.26. The summed E-state index contributed by atoms with van der Waals surface area (Å²) >= 11 is 0. The van der Waals surface area contributed by atoms with Gasteiger partial charge in [0.2, 0.25) is 0 Å². The summed E-state index contributed by atoms with van der Waals surface area (Å²) in [5.41, 5.74) is 1.74. The summed E-state index contributed by atoms with van der Waals surface area (Å²) in [5, 5.41) is 9.54. The van der Waals surface area contributed by atoms with E-state index in [2.05, 4.69) is 20.7 Å². The molecular formula is C22H25FN6O2. The third-order valence-electron chi connectivity index (χ3n) is 4.97. The lowest BCUT2D eigenvalue weighted by Crippen LogP contribution is -2.45. The van der Waals surface area contributed by atoms with E-state index in [-0.39, 0.29) is 18.0 Å². The number of halogens is 1. The molecule has 2 amide bonds. The van der Waals surface area contributed by atoms with Crippen LogP contribution >= 0.6 is 0 Å². The maximum Gasteiger partial charge on any atom is 0.319 e. The van der Waals surface area contributed by atoms with Crippen LogP contribution in [0.2, 0.25) is 0 Å². The molecule has 0 bridgehead atoms. The van der Waals surface area contributed by atoms with Crippen LogP contribution in [0.25, 0.3) is 5.82 Å². The van der Waals surface area contributed by atoms with Crippen LogP contribution in [-0.4, -0.2) is 46.1 Å². The van der Waals surface area contributed by atoms with E-state index in [0.29, 0.717) is 36.8 Å². The SMILES string of the molecule is CC1CN(c2ccc(NC(=O)NCc3ccc(-n4cccn4)nc3)cc2F)CC(C)O1. The molecule has 4 rings (SSSR count). The van der Waals surface area contributed by atoms with Crippen LogP contribution in [0, 0.1) is 5.82 Å². The molecule has 0 spiro atoms. The largest absolute Gasteiger partial charge is 0.372 e. The molecule has 0 aliphatic carbocycles. The highest BCUT2D eigenvalue weighted by molar-refractivity contribution is 5.89. The number of benzene rings is 1. The molecule has 9 heteroatoms. The van der Waals surface area contributed by atoms with E-state index in [1.165, 1.54) is 6.07 Å². The lowest BCUT2D eigenvalue weighted by molar-refractivity contribution is -0.00539. The number of ether oxygens (including phenoxy) is 1. The van der Waals surface area contributed by atoms with E-state index in [9.17, 15) is 9.18 Å². The Kier molecular flexibility index (Phi) is 6.13. The van der Waals surface area contributed by atoms with Crippen molar-refractivity contribution in [2.24, 2.45) is 0 Å². The van der Waals surface area contributed by atoms with Gasteiger partial charge in [0.25, 0.3) is 0 Å². The molecule has 1 fully saturated rings. The van der Waals surface area contributed by atoms with Gasteiger partial charge in [0.05, 0.1) is 17.9 Å². The number of hydrogen-bond acceptors (Lipinski definition) is 5. The van der Waals surface area contributed by atoms with Gasteiger partial charge in [-0.05, 0) is 49.7 Å². The molecule has 2 N–H and O–H groups in total. The zero-order valence-corrected chi connectivity index (χ0v) is 17.5. The van der Waals surface area contributed by atoms with Gasteiger partial charge in [-0.3, -0.25) is 0 Å². The summed E-state index contributed by atoms with van der Waals surface area (Å²) in [6, 6.07) is 9.80. The maximum absolute atomic E-state index is 14.7. The normalized spacial score (nSPS) is 18.6. The number of anilines is 2. The van der Waals surface area contributed by atoms with Gasteiger partial charge in [0, 0.05) is 43.9 Å². The average molecular weight is 424 g/mol. The van der Waals surface area contributed by atoms with E-state index in [0.717, 1.165) is 5.56 Å². The number of carbonyl (C=O) groups excluding carboxylic acids is 1. The molecule has 31 heavy (non-hydrogen) atoms. The minimum atomic E-state index is -0.420. The van der Waals surface area contributed by atoms with Crippen LogP contribution in [0.4, 0.5) is 20.6 Å². The van der Waals surface area contributed by atoms with Gasteiger partial charge in [-0.1, -0.05) is 6.07 Å². The molecule has 162 valence electrons. The van der Waals surface area contributed by atoms with Gasteiger partial charge in [0.15, 0.2) is 5.82 Å². The van der Waals surface area contributed by atoms with Crippen molar-refractivity contribution in [2.75, 3.05) is 23.3 Å². The Hall–Kier alpha value is -3.46. The quantitative estimate of drug-likeness (QED) is 0.656. The molecule has 2 unspecified atom stereocenters. The van der Waals surface area contributed by atoms with E-state index < -0.39 is 6.03 Å². The predicted octanol–water partition coefficient (Wildman–Crippen LogP) is 3.34. The highest BCUT2D eigenvalue weighted by atomic mass is 19.1. The third-order valence-corrected chi connectivity index (χ3v) is 4.97. The second-order valence-electron chi connectivity index (χ2n) is 7.61. The van der Waals surface area contributed by atoms with Crippen LogP contribution in [-0.2, 0) is 11.3 Å². The van der Waals surface area contributed by atoms with Gasteiger partial charge in [0.1, 0.15) is 5.82 Å². The molecule has 8 nitrogen and oxygen atoms in total. The summed E-state index contributed by atoms with van der Waals surface area (Å²) in [7, 11) is 0. The molecule has 3 heterocycles. The number of rotatable bonds is 5. The minimum absolute atomic E-state index is 0.0369. The van der Waals surface area contributed by atoms with Crippen molar-refractivity contribution >= 4 is 17.4 Å². The monoisotopic (exact) mass is 424 g/mol. The van der Waals surface area contributed by atoms with E-state index in [4.69, 9.17) is 4.74 Å². The Balaban J connectivity index is 1.32.